The molecule has 112 valence electrons. The second-order valence-corrected chi connectivity index (χ2v) is 6.56. The minimum Gasteiger partial charge on any atom is -0.289 e. The van der Waals surface area contributed by atoms with Crippen LogP contribution >= 0.6 is 34.8 Å². The molecule has 0 aromatic heterocycles. The molecule has 0 N–H and O–H groups in total. The highest BCUT2D eigenvalue weighted by Gasteiger charge is 2.27. The summed E-state index contributed by atoms with van der Waals surface area (Å²) < 4.78 is 0. The SMILES string of the molecule is O=C(c1ccc2c(c1)CC(C(=O)Cl)C2)c1ccc(Cl)cc1Cl. The van der Waals surface area contributed by atoms with Crippen molar-refractivity contribution in [3.05, 3.63) is 68.7 Å². The maximum Gasteiger partial charge on any atom is 0.225 e. The third kappa shape index (κ3) is 2.91. The Morgan fingerprint density at radius 2 is 1.68 bits per heavy atom. The number of fused-ring (bicyclic) bond motifs is 1. The van der Waals surface area contributed by atoms with Crippen molar-refractivity contribution >= 4 is 45.8 Å². The first-order chi connectivity index (χ1) is 10.5. The third-order valence-corrected chi connectivity index (χ3v) is 4.75. The smallest absolute Gasteiger partial charge is 0.225 e. The van der Waals surface area contributed by atoms with Crippen molar-refractivity contribution < 1.29 is 9.59 Å². The molecule has 0 saturated carbocycles. The molecular weight excluding hydrogens is 343 g/mol. The average Bonchev–Trinajstić information content (AvgIpc) is 2.89. The molecule has 0 spiro atoms. The summed E-state index contributed by atoms with van der Waals surface area (Å²) in [6, 6.07) is 10.3. The van der Waals surface area contributed by atoms with Gasteiger partial charge in [-0.1, -0.05) is 35.3 Å². The van der Waals surface area contributed by atoms with Gasteiger partial charge in [-0.05, 0) is 59.8 Å². The fourth-order valence-electron chi connectivity index (χ4n) is 2.75. The Morgan fingerprint density at radius 3 is 2.36 bits per heavy atom. The van der Waals surface area contributed by atoms with E-state index in [9.17, 15) is 9.59 Å². The number of halogens is 3. The Balaban J connectivity index is 1.93. The second kappa shape index (κ2) is 6.04. The lowest BCUT2D eigenvalue weighted by atomic mass is 9.99. The molecule has 0 bridgehead atoms. The second-order valence-electron chi connectivity index (χ2n) is 5.35. The lowest BCUT2D eigenvalue weighted by Gasteiger charge is -2.06. The van der Waals surface area contributed by atoms with Crippen molar-refractivity contribution in [1.29, 1.82) is 0 Å². The number of carbonyl (C=O) groups is 2. The van der Waals surface area contributed by atoms with Crippen molar-refractivity contribution in [2.75, 3.05) is 0 Å². The zero-order valence-corrected chi connectivity index (χ0v) is 13.7. The minimum absolute atomic E-state index is 0.162. The molecule has 2 aromatic carbocycles. The highest BCUT2D eigenvalue weighted by Crippen LogP contribution is 2.30. The molecule has 1 atom stereocenters. The van der Waals surface area contributed by atoms with E-state index in [2.05, 4.69) is 0 Å². The molecule has 1 aliphatic rings. The summed E-state index contributed by atoms with van der Waals surface area (Å²) in [5.74, 6) is -0.355. The molecule has 1 aliphatic carbocycles. The van der Waals surface area contributed by atoms with Gasteiger partial charge in [0.1, 0.15) is 0 Å². The monoisotopic (exact) mass is 352 g/mol. The van der Waals surface area contributed by atoms with Crippen molar-refractivity contribution in [3.8, 4) is 0 Å². The highest BCUT2D eigenvalue weighted by molar-refractivity contribution is 6.64. The van der Waals surface area contributed by atoms with Gasteiger partial charge in [-0.3, -0.25) is 9.59 Å². The van der Waals surface area contributed by atoms with E-state index in [1.165, 1.54) is 0 Å². The Hall–Kier alpha value is -1.35. The topological polar surface area (TPSA) is 34.1 Å². The number of ketones is 1. The van der Waals surface area contributed by atoms with Crippen LogP contribution in [0.1, 0.15) is 27.0 Å². The molecule has 3 rings (SSSR count). The minimum atomic E-state index is -0.329. The number of benzene rings is 2. The molecule has 22 heavy (non-hydrogen) atoms. The largest absolute Gasteiger partial charge is 0.289 e. The van der Waals surface area contributed by atoms with E-state index in [0.29, 0.717) is 34.0 Å². The van der Waals surface area contributed by atoms with Crippen LogP contribution in [-0.4, -0.2) is 11.0 Å². The van der Waals surface area contributed by atoms with Gasteiger partial charge in [-0.2, -0.15) is 0 Å². The van der Waals surface area contributed by atoms with E-state index in [1.54, 1.807) is 24.3 Å². The van der Waals surface area contributed by atoms with Crippen LogP contribution in [0.3, 0.4) is 0 Å². The number of carbonyl (C=O) groups excluding carboxylic acids is 2. The molecular formula is C17H11Cl3O2. The molecule has 0 heterocycles. The molecule has 0 amide bonds. The first-order valence-corrected chi connectivity index (χ1v) is 7.90. The van der Waals surface area contributed by atoms with Gasteiger partial charge in [0.15, 0.2) is 5.78 Å². The van der Waals surface area contributed by atoms with E-state index in [1.807, 2.05) is 12.1 Å². The van der Waals surface area contributed by atoms with Crippen LogP contribution in [0.25, 0.3) is 0 Å². The molecule has 2 aromatic rings. The first kappa shape index (κ1) is 15.5. The fraction of sp³-hybridized carbons (Fsp3) is 0.176. The lowest BCUT2D eigenvalue weighted by molar-refractivity contribution is -0.114. The zero-order chi connectivity index (χ0) is 15.9. The fourth-order valence-corrected chi connectivity index (χ4v) is 3.40. The van der Waals surface area contributed by atoms with E-state index in [-0.39, 0.29) is 16.9 Å². The summed E-state index contributed by atoms with van der Waals surface area (Å²) in [7, 11) is 0. The maximum absolute atomic E-state index is 12.6. The normalized spacial score (nSPS) is 16.4. The Bertz CT molecular complexity index is 783. The van der Waals surface area contributed by atoms with Crippen LogP contribution in [-0.2, 0) is 17.6 Å². The van der Waals surface area contributed by atoms with Crippen LogP contribution < -0.4 is 0 Å². The van der Waals surface area contributed by atoms with Gasteiger partial charge in [-0.15, -0.1) is 0 Å². The molecule has 1 unspecified atom stereocenters. The summed E-state index contributed by atoms with van der Waals surface area (Å²) in [4.78, 5) is 23.9. The molecule has 5 heteroatoms. The Morgan fingerprint density at radius 1 is 0.955 bits per heavy atom. The lowest BCUT2D eigenvalue weighted by Crippen LogP contribution is -2.07. The van der Waals surface area contributed by atoms with E-state index in [0.717, 1.165) is 11.1 Å². The van der Waals surface area contributed by atoms with E-state index < -0.39 is 0 Å². The van der Waals surface area contributed by atoms with Gasteiger partial charge >= 0.3 is 0 Å². The molecule has 2 nitrogen and oxygen atoms in total. The zero-order valence-electron chi connectivity index (χ0n) is 11.4. The number of hydrogen-bond donors (Lipinski definition) is 0. The van der Waals surface area contributed by atoms with Gasteiger partial charge < -0.3 is 0 Å². The third-order valence-electron chi connectivity index (χ3n) is 3.90. The van der Waals surface area contributed by atoms with Crippen LogP contribution in [0.4, 0.5) is 0 Å². The standard InChI is InChI=1S/C17H11Cl3O2/c18-13-3-4-14(15(19)8-13)16(21)10-2-1-9-5-12(17(20)22)7-11(9)6-10/h1-4,6,8,12H,5,7H2. The highest BCUT2D eigenvalue weighted by atomic mass is 35.5. The van der Waals surface area contributed by atoms with Gasteiger partial charge in [0, 0.05) is 22.1 Å². The molecule has 0 aliphatic heterocycles. The van der Waals surface area contributed by atoms with Crippen molar-refractivity contribution in [1.82, 2.24) is 0 Å². The quantitative estimate of drug-likeness (QED) is 0.592. The van der Waals surface area contributed by atoms with Gasteiger partial charge in [-0.25, -0.2) is 0 Å². The summed E-state index contributed by atoms with van der Waals surface area (Å²) in [6.07, 6.45) is 1.21. The van der Waals surface area contributed by atoms with Gasteiger partial charge in [0.25, 0.3) is 0 Å². The predicted molar refractivity (Wildman–Crippen MR) is 88.1 cm³/mol. The van der Waals surface area contributed by atoms with E-state index >= 15 is 0 Å². The summed E-state index contributed by atoms with van der Waals surface area (Å²) >= 11 is 17.5. The van der Waals surface area contributed by atoms with Crippen molar-refractivity contribution in [2.24, 2.45) is 5.92 Å². The van der Waals surface area contributed by atoms with Crippen LogP contribution in [0.2, 0.25) is 10.0 Å². The average molecular weight is 354 g/mol. The molecule has 0 fully saturated rings. The Kier molecular flexibility index (Phi) is 4.26. The predicted octanol–water partition coefficient (Wildman–Crippen LogP) is 4.70. The summed E-state index contributed by atoms with van der Waals surface area (Å²) in [6.45, 7) is 0. The number of hydrogen-bond acceptors (Lipinski definition) is 2. The van der Waals surface area contributed by atoms with E-state index in [4.69, 9.17) is 34.8 Å². The molecule has 0 radical (unpaired) electrons. The summed E-state index contributed by atoms with van der Waals surface area (Å²) in [5.41, 5.74) is 3.02. The Labute approximate surface area is 143 Å². The maximum atomic E-state index is 12.6. The first-order valence-electron chi connectivity index (χ1n) is 6.76. The van der Waals surface area contributed by atoms with Crippen LogP contribution in [0, 0.1) is 5.92 Å². The van der Waals surface area contributed by atoms with Gasteiger partial charge in [0.05, 0.1) is 5.02 Å². The summed E-state index contributed by atoms with van der Waals surface area (Å²) in [5, 5.41) is 0.482. The van der Waals surface area contributed by atoms with Crippen molar-refractivity contribution in [2.45, 2.75) is 12.8 Å². The number of rotatable bonds is 3. The van der Waals surface area contributed by atoms with Crippen LogP contribution in [0.15, 0.2) is 36.4 Å². The molecule has 0 saturated heterocycles. The van der Waals surface area contributed by atoms with Crippen LogP contribution in [0.5, 0.6) is 0 Å². The van der Waals surface area contributed by atoms with Crippen molar-refractivity contribution in [3.63, 3.8) is 0 Å². The van der Waals surface area contributed by atoms with Gasteiger partial charge in [0.2, 0.25) is 5.24 Å².